The van der Waals surface area contributed by atoms with Crippen LogP contribution >= 0.6 is 0 Å². The lowest BCUT2D eigenvalue weighted by atomic mass is 10.1. The summed E-state index contributed by atoms with van der Waals surface area (Å²) in [6, 6.07) is 0.854. The first-order valence-electron chi connectivity index (χ1n) is 4.25. The highest BCUT2D eigenvalue weighted by Crippen LogP contribution is 2.20. The van der Waals surface area contributed by atoms with Crippen LogP contribution in [0.25, 0.3) is 0 Å². The lowest BCUT2D eigenvalue weighted by Crippen LogP contribution is -2.17. The molecule has 88 valence electrons. The van der Waals surface area contributed by atoms with Gasteiger partial charge in [-0.1, -0.05) is 0 Å². The number of halogens is 2. The van der Waals surface area contributed by atoms with Gasteiger partial charge in [0.15, 0.2) is 11.3 Å². The Balaban J connectivity index is 3.34. The summed E-state index contributed by atoms with van der Waals surface area (Å²) in [5, 5.41) is 8.52. The Kier molecular flexibility index (Phi) is 3.60. The van der Waals surface area contributed by atoms with Gasteiger partial charge >= 0.3 is 5.97 Å². The second-order valence-electron chi connectivity index (χ2n) is 2.97. The number of hydrogen-bond donors (Lipinski definition) is 2. The van der Waals surface area contributed by atoms with E-state index in [0.717, 1.165) is 6.07 Å². The van der Waals surface area contributed by atoms with E-state index in [4.69, 9.17) is 5.11 Å². The van der Waals surface area contributed by atoms with Gasteiger partial charge in [-0.25, -0.2) is 8.78 Å². The fourth-order valence-electron chi connectivity index (χ4n) is 1.24. The molecule has 0 radical (unpaired) electrons. The molecule has 0 bridgehead atoms. The van der Waals surface area contributed by atoms with Crippen molar-refractivity contribution in [3.63, 3.8) is 0 Å². The Bertz CT molecular complexity index is 455. The SMILES string of the molecule is COc1cc(=O)c(C(F)F)c(CC(=O)O)[nH]1. The molecule has 0 aliphatic heterocycles. The zero-order valence-electron chi connectivity index (χ0n) is 8.29. The average Bonchev–Trinajstić information content (AvgIpc) is 2.14. The molecule has 0 saturated carbocycles. The van der Waals surface area contributed by atoms with Crippen LogP contribution < -0.4 is 10.2 Å². The topological polar surface area (TPSA) is 79.4 Å². The molecule has 0 fully saturated rings. The van der Waals surface area contributed by atoms with Crippen molar-refractivity contribution in [3.8, 4) is 5.88 Å². The first-order valence-corrected chi connectivity index (χ1v) is 4.25. The number of hydrogen-bond acceptors (Lipinski definition) is 3. The Morgan fingerprint density at radius 1 is 1.62 bits per heavy atom. The standard InChI is InChI=1S/C9H9F2NO4/c1-16-6-3-5(13)8(9(10)11)4(12-6)2-7(14)15/h3,9H,2H2,1H3,(H,12,13)(H,14,15). The van der Waals surface area contributed by atoms with Crippen LogP contribution in [0.2, 0.25) is 0 Å². The summed E-state index contributed by atoms with van der Waals surface area (Å²) in [4.78, 5) is 24.0. The molecular weight excluding hydrogens is 224 g/mol. The zero-order valence-corrected chi connectivity index (χ0v) is 8.29. The van der Waals surface area contributed by atoms with Gasteiger partial charge in [0.05, 0.1) is 19.1 Å². The fourth-order valence-corrected chi connectivity index (χ4v) is 1.24. The first-order chi connectivity index (χ1) is 7.45. The third kappa shape index (κ3) is 2.56. The smallest absolute Gasteiger partial charge is 0.309 e. The minimum Gasteiger partial charge on any atom is -0.482 e. The van der Waals surface area contributed by atoms with Crippen molar-refractivity contribution in [3.05, 3.63) is 27.5 Å². The number of rotatable bonds is 4. The van der Waals surface area contributed by atoms with Gasteiger partial charge in [0.1, 0.15) is 0 Å². The maximum absolute atomic E-state index is 12.5. The van der Waals surface area contributed by atoms with Gasteiger partial charge in [0, 0.05) is 11.8 Å². The molecule has 1 heterocycles. The van der Waals surface area contributed by atoms with Crippen molar-refractivity contribution in [2.45, 2.75) is 12.8 Å². The molecule has 0 saturated heterocycles. The van der Waals surface area contributed by atoms with E-state index in [-0.39, 0.29) is 11.6 Å². The molecule has 5 nitrogen and oxygen atoms in total. The summed E-state index contributed by atoms with van der Waals surface area (Å²) < 4.78 is 29.7. The van der Waals surface area contributed by atoms with Crippen LogP contribution in [0.15, 0.2) is 10.9 Å². The summed E-state index contributed by atoms with van der Waals surface area (Å²) in [5.41, 5.74) is -2.11. The number of alkyl halides is 2. The van der Waals surface area contributed by atoms with Crippen LogP contribution in [0.5, 0.6) is 5.88 Å². The number of aliphatic carboxylic acids is 1. The maximum atomic E-state index is 12.5. The van der Waals surface area contributed by atoms with Crippen molar-refractivity contribution >= 4 is 5.97 Å². The van der Waals surface area contributed by atoms with E-state index < -0.39 is 29.8 Å². The van der Waals surface area contributed by atoms with E-state index in [1.54, 1.807) is 0 Å². The predicted octanol–water partition coefficient (Wildman–Crippen LogP) is 0.948. The molecule has 7 heteroatoms. The molecule has 0 aromatic carbocycles. The Morgan fingerprint density at radius 2 is 2.25 bits per heavy atom. The van der Waals surface area contributed by atoms with Crippen molar-refractivity contribution in [1.82, 2.24) is 4.98 Å². The van der Waals surface area contributed by atoms with Crippen molar-refractivity contribution < 1.29 is 23.4 Å². The summed E-state index contributed by atoms with van der Waals surface area (Å²) >= 11 is 0. The number of carboxylic acids is 1. The van der Waals surface area contributed by atoms with Gasteiger partial charge in [-0.3, -0.25) is 9.59 Å². The third-order valence-corrected chi connectivity index (χ3v) is 1.89. The number of aromatic nitrogens is 1. The molecular formula is C9H9F2NO4. The van der Waals surface area contributed by atoms with Gasteiger partial charge in [-0.2, -0.15) is 0 Å². The highest BCUT2D eigenvalue weighted by atomic mass is 19.3. The number of ether oxygens (including phenoxy) is 1. The first kappa shape index (κ1) is 12.2. The monoisotopic (exact) mass is 233 g/mol. The Hall–Kier alpha value is -1.92. The van der Waals surface area contributed by atoms with Crippen LogP contribution in [0.3, 0.4) is 0 Å². The normalized spacial score (nSPS) is 10.5. The molecule has 1 aromatic rings. The zero-order chi connectivity index (χ0) is 12.3. The van der Waals surface area contributed by atoms with Crippen LogP contribution in [0.4, 0.5) is 8.78 Å². The van der Waals surface area contributed by atoms with E-state index >= 15 is 0 Å². The predicted molar refractivity (Wildman–Crippen MR) is 49.9 cm³/mol. The largest absolute Gasteiger partial charge is 0.482 e. The van der Waals surface area contributed by atoms with Gasteiger partial charge < -0.3 is 14.8 Å². The minimum absolute atomic E-state index is 0.0503. The second-order valence-corrected chi connectivity index (χ2v) is 2.97. The quantitative estimate of drug-likeness (QED) is 0.811. The molecule has 0 unspecified atom stereocenters. The molecule has 0 spiro atoms. The second kappa shape index (κ2) is 4.73. The molecule has 0 atom stereocenters. The number of carboxylic acid groups (broad SMARTS) is 1. The third-order valence-electron chi connectivity index (χ3n) is 1.89. The molecule has 16 heavy (non-hydrogen) atoms. The Morgan fingerprint density at radius 3 is 2.69 bits per heavy atom. The van der Waals surface area contributed by atoms with Crippen LogP contribution in [0.1, 0.15) is 17.7 Å². The Labute approximate surface area is 88.7 Å². The molecule has 2 N–H and O–H groups in total. The summed E-state index contributed by atoms with van der Waals surface area (Å²) in [6.45, 7) is 0. The van der Waals surface area contributed by atoms with Crippen LogP contribution in [-0.2, 0) is 11.2 Å². The van der Waals surface area contributed by atoms with Gasteiger partial charge in [-0.05, 0) is 0 Å². The fraction of sp³-hybridized carbons (Fsp3) is 0.333. The van der Waals surface area contributed by atoms with Crippen molar-refractivity contribution in [2.75, 3.05) is 7.11 Å². The lowest BCUT2D eigenvalue weighted by Gasteiger charge is -2.08. The van der Waals surface area contributed by atoms with E-state index in [9.17, 15) is 18.4 Å². The number of pyridine rings is 1. The van der Waals surface area contributed by atoms with E-state index in [1.807, 2.05) is 0 Å². The molecule has 0 aliphatic carbocycles. The number of nitrogens with one attached hydrogen (secondary N) is 1. The average molecular weight is 233 g/mol. The van der Waals surface area contributed by atoms with E-state index in [2.05, 4.69) is 9.72 Å². The lowest BCUT2D eigenvalue weighted by molar-refractivity contribution is -0.136. The minimum atomic E-state index is -3.02. The van der Waals surface area contributed by atoms with Gasteiger partial charge in [0.2, 0.25) is 0 Å². The molecule has 0 aliphatic rings. The van der Waals surface area contributed by atoms with Gasteiger partial charge in [0.25, 0.3) is 6.43 Å². The highest BCUT2D eigenvalue weighted by molar-refractivity contribution is 5.70. The molecule has 1 rings (SSSR count). The van der Waals surface area contributed by atoms with Crippen molar-refractivity contribution in [2.24, 2.45) is 0 Å². The number of H-pyrrole nitrogens is 1. The summed E-state index contributed by atoms with van der Waals surface area (Å²) in [7, 11) is 1.23. The summed E-state index contributed by atoms with van der Waals surface area (Å²) in [5.74, 6) is -1.36. The van der Waals surface area contributed by atoms with Crippen molar-refractivity contribution in [1.29, 1.82) is 0 Å². The van der Waals surface area contributed by atoms with E-state index in [1.165, 1.54) is 7.11 Å². The molecule has 1 aromatic heterocycles. The van der Waals surface area contributed by atoms with E-state index in [0.29, 0.717) is 0 Å². The van der Waals surface area contributed by atoms with Gasteiger partial charge in [-0.15, -0.1) is 0 Å². The molecule has 0 amide bonds. The maximum Gasteiger partial charge on any atom is 0.309 e. The van der Waals surface area contributed by atoms with Crippen LogP contribution in [-0.4, -0.2) is 23.2 Å². The summed E-state index contributed by atoms with van der Waals surface area (Å²) in [6.07, 6.45) is -3.71. The highest BCUT2D eigenvalue weighted by Gasteiger charge is 2.20. The number of aromatic amines is 1. The number of methoxy groups -OCH3 is 1. The van der Waals surface area contributed by atoms with Crippen LogP contribution in [0, 0.1) is 0 Å². The number of carbonyl (C=O) groups is 1.